The van der Waals surface area contributed by atoms with E-state index in [0.717, 1.165) is 16.4 Å². The molecule has 22 heavy (non-hydrogen) atoms. The first kappa shape index (κ1) is 15.7. The van der Waals surface area contributed by atoms with Crippen LogP contribution >= 0.6 is 11.6 Å². The van der Waals surface area contributed by atoms with E-state index < -0.39 is 11.2 Å². The molecule has 2 rings (SSSR count). The predicted molar refractivity (Wildman–Crippen MR) is 82.4 cm³/mol. The highest BCUT2D eigenvalue weighted by molar-refractivity contribution is 6.33. The van der Waals surface area contributed by atoms with Crippen LogP contribution in [0.25, 0.3) is 0 Å². The SMILES string of the molecule is CCOc1cc(C)c(Nn2cc(C#N)c(=O)[nH]c2=O)c(Cl)c1. The highest BCUT2D eigenvalue weighted by Gasteiger charge is 2.10. The van der Waals surface area contributed by atoms with E-state index in [2.05, 4.69) is 5.43 Å². The minimum atomic E-state index is -0.736. The summed E-state index contributed by atoms with van der Waals surface area (Å²) in [4.78, 5) is 25.2. The molecule has 0 aliphatic rings. The Labute approximate surface area is 130 Å². The minimum absolute atomic E-state index is 0.188. The van der Waals surface area contributed by atoms with Gasteiger partial charge in [0.05, 0.1) is 23.5 Å². The summed E-state index contributed by atoms with van der Waals surface area (Å²) >= 11 is 6.18. The number of aryl methyl sites for hydroxylation is 1. The lowest BCUT2D eigenvalue weighted by Gasteiger charge is -2.15. The quantitative estimate of drug-likeness (QED) is 0.892. The van der Waals surface area contributed by atoms with Crippen LogP contribution in [0.5, 0.6) is 5.75 Å². The number of anilines is 1. The molecule has 0 fully saturated rings. The van der Waals surface area contributed by atoms with E-state index in [9.17, 15) is 9.59 Å². The minimum Gasteiger partial charge on any atom is -0.494 e. The number of nitrogens with zero attached hydrogens (tertiary/aromatic N) is 2. The van der Waals surface area contributed by atoms with Gasteiger partial charge < -0.3 is 4.74 Å². The topological polar surface area (TPSA) is 99.9 Å². The molecule has 0 amide bonds. The first-order chi connectivity index (χ1) is 10.5. The standard InChI is InChI=1S/C14H13ClN4O3/c1-3-22-10-4-8(2)12(11(15)5-10)18-19-7-9(6-16)13(20)17-14(19)21/h4-5,7,18H,3H2,1-2H3,(H,17,20,21). The van der Waals surface area contributed by atoms with Crippen LogP contribution in [0.3, 0.4) is 0 Å². The van der Waals surface area contributed by atoms with Gasteiger partial charge in [0.25, 0.3) is 5.56 Å². The molecule has 0 atom stereocenters. The second-order valence-electron chi connectivity index (χ2n) is 4.43. The summed E-state index contributed by atoms with van der Waals surface area (Å²) in [7, 11) is 0. The molecular weight excluding hydrogens is 308 g/mol. The molecule has 1 aromatic heterocycles. The summed E-state index contributed by atoms with van der Waals surface area (Å²) in [5, 5.41) is 9.20. The number of nitriles is 1. The highest BCUT2D eigenvalue weighted by Crippen LogP contribution is 2.30. The van der Waals surface area contributed by atoms with Gasteiger partial charge in [-0.15, -0.1) is 0 Å². The Balaban J connectivity index is 2.46. The molecule has 2 N–H and O–H groups in total. The average molecular weight is 321 g/mol. The first-order valence-electron chi connectivity index (χ1n) is 6.42. The van der Waals surface area contributed by atoms with Gasteiger partial charge in [0.2, 0.25) is 0 Å². The summed E-state index contributed by atoms with van der Waals surface area (Å²) < 4.78 is 6.37. The second-order valence-corrected chi connectivity index (χ2v) is 4.83. The smallest absolute Gasteiger partial charge is 0.347 e. The molecule has 2 aromatic rings. The molecule has 1 aromatic carbocycles. The lowest BCUT2D eigenvalue weighted by atomic mass is 10.2. The fraction of sp³-hybridized carbons (Fsp3) is 0.214. The largest absolute Gasteiger partial charge is 0.494 e. The zero-order valence-corrected chi connectivity index (χ0v) is 12.7. The van der Waals surface area contributed by atoms with Crippen LogP contribution in [0.2, 0.25) is 5.02 Å². The Morgan fingerprint density at radius 2 is 2.18 bits per heavy atom. The van der Waals surface area contributed by atoms with Gasteiger partial charge in [-0.1, -0.05) is 11.6 Å². The molecule has 0 aliphatic carbocycles. The van der Waals surface area contributed by atoms with E-state index in [1.807, 2.05) is 11.9 Å². The predicted octanol–water partition coefficient (Wildman–Crippen LogP) is 1.64. The number of ether oxygens (including phenoxy) is 1. The van der Waals surface area contributed by atoms with Gasteiger partial charge >= 0.3 is 5.69 Å². The molecule has 114 valence electrons. The Kier molecular flexibility index (Phi) is 4.53. The van der Waals surface area contributed by atoms with Gasteiger partial charge in [-0.2, -0.15) is 5.26 Å². The third-order valence-electron chi connectivity index (χ3n) is 2.87. The fourth-order valence-electron chi connectivity index (χ4n) is 1.86. The lowest BCUT2D eigenvalue weighted by Crippen LogP contribution is -2.34. The number of aromatic nitrogens is 2. The van der Waals surface area contributed by atoms with Crippen molar-refractivity contribution in [2.75, 3.05) is 12.0 Å². The van der Waals surface area contributed by atoms with Crippen molar-refractivity contribution in [1.29, 1.82) is 5.26 Å². The van der Waals surface area contributed by atoms with Crippen LogP contribution < -0.4 is 21.4 Å². The molecule has 7 nitrogen and oxygen atoms in total. The van der Waals surface area contributed by atoms with Crippen LogP contribution in [0.15, 0.2) is 27.9 Å². The van der Waals surface area contributed by atoms with Crippen molar-refractivity contribution in [3.05, 3.63) is 55.3 Å². The van der Waals surface area contributed by atoms with Crippen LogP contribution in [0, 0.1) is 18.3 Å². The maximum Gasteiger partial charge on any atom is 0.347 e. The first-order valence-corrected chi connectivity index (χ1v) is 6.80. The number of nitrogens with one attached hydrogen (secondary N) is 2. The van der Waals surface area contributed by atoms with Crippen LogP contribution in [0.4, 0.5) is 5.69 Å². The Morgan fingerprint density at radius 1 is 1.45 bits per heavy atom. The van der Waals surface area contributed by atoms with Crippen molar-refractivity contribution in [1.82, 2.24) is 9.66 Å². The van der Waals surface area contributed by atoms with Crippen molar-refractivity contribution in [3.63, 3.8) is 0 Å². The van der Waals surface area contributed by atoms with Gasteiger partial charge in [-0.25, -0.2) is 9.47 Å². The van der Waals surface area contributed by atoms with Gasteiger partial charge in [-0.3, -0.25) is 15.2 Å². The van der Waals surface area contributed by atoms with Crippen molar-refractivity contribution < 1.29 is 4.74 Å². The molecule has 0 spiro atoms. The van der Waals surface area contributed by atoms with Crippen molar-refractivity contribution >= 4 is 17.3 Å². The summed E-state index contributed by atoms with van der Waals surface area (Å²) in [5.74, 6) is 0.613. The molecule has 0 radical (unpaired) electrons. The van der Waals surface area contributed by atoms with Crippen molar-refractivity contribution in [2.45, 2.75) is 13.8 Å². The molecule has 0 saturated heterocycles. The van der Waals surface area contributed by atoms with E-state index in [-0.39, 0.29) is 5.56 Å². The summed E-state index contributed by atoms with van der Waals surface area (Å²) in [5.41, 5.74) is 2.37. The highest BCUT2D eigenvalue weighted by atomic mass is 35.5. The normalized spacial score (nSPS) is 10.1. The van der Waals surface area contributed by atoms with Crippen LogP contribution in [-0.4, -0.2) is 16.3 Å². The summed E-state index contributed by atoms with van der Waals surface area (Å²) in [6.45, 7) is 4.16. The van der Waals surface area contributed by atoms with Crippen molar-refractivity contribution in [3.8, 4) is 11.8 Å². The number of H-pyrrole nitrogens is 1. The monoisotopic (exact) mass is 320 g/mol. The van der Waals surface area contributed by atoms with Crippen LogP contribution in [0.1, 0.15) is 18.1 Å². The molecule has 0 bridgehead atoms. The van der Waals surface area contributed by atoms with Gasteiger partial charge in [0.1, 0.15) is 17.4 Å². The zero-order valence-electron chi connectivity index (χ0n) is 11.9. The molecule has 0 unspecified atom stereocenters. The second kappa shape index (κ2) is 6.37. The Hall–Kier alpha value is -2.72. The lowest BCUT2D eigenvalue weighted by molar-refractivity contribution is 0.340. The molecular formula is C14H13ClN4O3. The molecule has 8 heteroatoms. The van der Waals surface area contributed by atoms with E-state index in [1.54, 1.807) is 25.1 Å². The number of halogens is 1. The molecule has 0 saturated carbocycles. The maximum absolute atomic E-state index is 11.8. The third kappa shape index (κ3) is 3.13. The third-order valence-corrected chi connectivity index (χ3v) is 3.16. The van der Waals surface area contributed by atoms with Crippen molar-refractivity contribution in [2.24, 2.45) is 0 Å². The van der Waals surface area contributed by atoms with E-state index >= 15 is 0 Å². The van der Waals surface area contributed by atoms with Gasteiger partial charge in [0.15, 0.2) is 0 Å². The zero-order chi connectivity index (χ0) is 16.3. The summed E-state index contributed by atoms with van der Waals surface area (Å²) in [6, 6.07) is 5.08. The number of hydrogen-bond acceptors (Lipinski definition) is 5. The fourth-order valence-corrected chi connectivity index (χ4v) is 2.16. The number of benzene rings is 1. The van der Waals surface area contributed by atoms with Gasteiger partial charge in [-0.05, 0) is 25.5 Å². The van der Waals surface area contributed by atoms with Gasteiger partial charge in [0, 0.05) is 6.07 Å². The van der Waals surface area contributed by atoms with Crippen LogP contribution in [-0.2, 0) is 0 Å². The Bertz CT molecular complexity index is 841. The van der Waals surface area contributed by atoms with E-state index in [4.69, 9.17) is 21.6 Å². The Morgan fingerprint density at radius 3 is 2.77 bits per heavy atom. The number of rotatable bonds is 4. The molecule has 1 heterocycles. The summed E-state index contributed by atoms with van der Waals surface area (Å²) in [6.07, 6.45) is 1.12. The molecule has 0 aliphatic heterocycles. The number of hydrogen-bond donors (Lipinski definition) is 2. The number of aromatic amines is 1. The maximum atomic E-state index is 11.8. The van der Waals surface area contributed by atoms with E-state index in [1.165, 1.54) is 0 Å². The average Bonchev–Trinajstić information content (AvgIpc) is 2.45. The van der Waals surface area contributed by atoms with E-state index in [0.29, 0.717) is 23.1 Å².